The highest BCUT2D eigenvalue weighted by Crippen LogP contribution is 2.32. The van der Waals surface area contributed by atoms with Crippen LogP contribution in [0.2, 0.25) is 0 Å². The van der Waals surface area contributed by atoms with Crippen LogP contribution in [0.4, 0.5) is 10.1 Å². The molecule has 2 nitrogen and oxygen atoms in total. The van der Waals surface area contributed by atoms with Crippen LogP contribution in [0.1, 0.15) is 11.1 Å². The number of nitrogens with zero attached hydrogens (tertiary/aromatic N) is 1. The summed E-state index contributed by atoms with van der Waals surface area (Å²) in [6.45, 7) is 7.39. The molecule has 1 heterocycles. The number of halogens is 1. The molecule has 1 saturated heterocycles. The van der Waals surface area contributed by atoms with Crippen LogP contribution in [0.3, 0.4) is 0 Å². The molecule has 3 aromatic rings. The Labute approximate surface area is 172 Å². The maximum atomic E-state index is 13.3. The van der Waals surface area contributed by atoms with Gasteiger partial charge < -0.3 is 5.32 Å². The van der Waals surface area contributed by atoms with Crippen molar-refractivity contribution in [2.24, 2.45) is 0 Å². The molecule has 1 aliphatic rings. The summed E-state index contributed by atoms with van der Waals surface area (Å²) in [4.78, 5) is 0. The summed E-state index contributed by atoms with van der Waals surface area (Å²) in [6, 6.07) is 23.9. The Morgan fingerprint density at radius 1 is 0.897 bits per heavy atom. The molecule has 3 heteroatoms. The number of hydrogen-bond donors (Lipinski definition) is 1. The minimum absolute atomic E-state index is 0.197. The predicted octanol–water partition coefficient (Wildman–Crippen LogP) is 5.43. The minimum Gasteiger partial charge on any atom is -0.306 e. The smallest absolute Gasteiger partial charge is 0.136 e. The molecule has 0 bridgehead atoms. The van der Waals surface area contributed by atoms with Crippen LogP contribution < -0.4 is 9.80 Å². The molecule has 0 atom stereocenters. The molecule has 148 valence electrons. The van der Waals surface area contributed by atoms with Crippen molar-refractivity contribution in [2.75, 3.05) is 32.7 Å². The van der Waals surface area contributed by atoms with Crippen LogP contribution >= 0.6 is 0 Å². The van der Waals surface area contributed by atoms with Gasteiger partial charge in [0.2, 0.25) is 0 Å². The lowest BCUT2D eigenvalue weighted by molar-refractivity contribution is 0.262. The molecule has 0 spiro atoms. The Hall–Kier alpha value is -2.75. The summed E-state index contributed by atoms with van der Waals surface area (Å²) >= 11 is 0. The van der Waals surface area contributed by atoms with E-state index in [0.717, 1.165) is 48.3 Å². The summed E-state index contributed by atoms with van der Waals surface area (Å²) in [5, 5.41) is 3.50. The molecule has 0 saturated carbocycles. The lowest BCUT2D eigenvalue weighted by Crippen LogP contribution is -2.60. The summed E-state index contributed by atoms with van der Waals surface area (Å²) in [7, 11) is 0. The fourth-order valence-corrected chi connectivity index (χ4v) is 4.31. The quantitative estimate of drug-likeness (QED) is 0.576. The van der Waals surface area contributed by atoms with Gasteiger partial charge >= 0.3 is 0 Å². The first kappa shape index (κ1) is 19.6. The van der Waals surface area contributed by atoms with Gasteiger partial charge in [0, 0.05) is 24.7 Å². The average Bonchev–Trinajstić information content (AvgIpc) is 2.75. The van der Waals surface area contributed by atoms with Crippen molar-refractivity contribution >= 4 is 11.8 Å². The maximum absolute atomic E-state index is 13.3. The molecule has 0 amide bonds. The van der Waals surface area contributed by atoms with Crippen LogP contribution in [0, 0.1) is 12.7 Å². The van der Waals surface area contributed by atoms with Gasteiger partial charge in [-0.2, -0.15) is 0 Å². The molecule has 1 aliphatic heterocycles. The molecule has 4 rings (SSSR count). The second kappa shape index (κ2) is 8.73. The van der Waals surface area contributed by atoms with Gasteiger partial charge in [-0.05, 0) is 54.0 Å². The summed E-state index contributed by atoms with van der Waals surface area (Å²) in [5.74, 6) is -0.197. The normalized spacial score (nSPS) is 16.2. The first-order chi connectivity index (χ1) is 14.2. The second-order valence-corrected chi connectivity index (χ2v) is 7.85. The average molecular weight is 388 g/mol. The van der Waals surface area contributed by atoms with E-state index in [-0.39, 0.29) is 5.82 Å². The number of piperazine rings is 1. The number of hydrogen-bond acceptors (Lipinski definition) is 1. The van der Waals surface area contributed by atoms with Gasteiger partial charge in [0.1, 0.15) is 18.0 Å². The highest BCUT2D eigenvalue weighted by Gasteiger charge is 2.32. The molecule has 0 unspecified atom stereocenters. The fraction of sp³-hybridized carbons (Fsp3) is 0.231. The van der Waals surface area contributed by atoms with Gasteiger partial charge in [0.25, 0.3) is 0 Å². The predicted molar refractivity (Wildman–Crippen MR) is 121 cm³/mol. The Kier molecular flexibility index (Phi) is 5.89. The monoisotopic (exact) mass is 387 g/mol. The van der Waals surface area contributed by atoms with Gasteiger partial charge in [-0.15, -0.1) is 0 Å². The van der Waals surface area contributed by atoms with Crippen LogP contribution in [-0.4, -0.2) is 32.7 Å². The third kappa shape index (κ3) is 4.47. The number of nitrogens with one attached hydrogen (secondary N) is 1. The van der Waals surface area contributed by atoms with Crippen molar-refractivity contribution in [2.45, 2.75) is 6.92 Å². The number of rotatable bonds is 5. The molecule has 1 fully saturated rings. The summed E-state index contributed by atoms with van der Waals surface area (Å²) in [6.07, 6.45) is 4.54. The van der Waals surface area contributed by atoms with Crippen molar-refractivity contribution in [1.29, 1.82) is 0 Å². The first-order valence-electron chi connectivity index (χ1n) is 10.3. The lowest BCUT2D eigenvalue weighted by atomic mass is 10.00. The van der Waals surface area contributed by atoms with Crippen LogP contribution in [0.15, 0.2) is 78.9 Å². The summed E-state index contributed by atoms with van der Waals surface area (Å²) < 4.78 is 14.2. The van der Waals surface area contributed by atoms with Crippen molar-refractivity contribution in [3.8, 4) is 11.1 Å². The number of aryl methyl sites for hydroxylation is 1. The van der Waals surface area contributed by atoms with Crippen molar-refractivity contribution in [1.82, 2.24) is 9.80 Å². The van der Waals surface area contributed by atoms with E-state index in [4.69, 9.17) is 0 Å². The molecule has 3 aromatic carbocycles. The Balaban J connectivity index is 1.62. The molecule has 0 aliphatic carbocycles. The zero-order valence-corrected chi connectivity index (χ0v) is 16.9. The standard InChI is InChI=1S/C26H28FN2/c1-21-20-24(23-9-12-25(27)13-10-23)11-14-26(21)29(18-15-28-16-19-29)17-5-8-22-6-3-2-4-7-22/h2-14,20,28H,15-19H2,1H3/q+1/b8-5+. The van der Waals surface area contributed by atoms with Gasteiger partial charge in [0.05, 0.1) is 13.1 Å². The molecule has 0 aromatic heterocycles. The Morgan fingerprint density at radius 2 is 1.59 bits per heavy atom. The molecule has 29 heavy (non-hydrogen) atoms. The first-order valence-corrected chi connectivity index (χ1v) is 10.3. The van der Waals surface area contributed by atoms with Crippen molar-refractivity contribution < 1.29 is 4.39 Å². The molecular weight excluding hydrogens is 359 g/mol. The molecule has 1 N–H and O–H groups in total. The fourth-order valence-electron chi connectivity index (χ4n) is 4.31. The SMILES string of the molecule is Cc1cc(-c2ccc(F)cc2)ccc1[N+]1(C/C=C/c2ccccc2)CCNCC1. The van der Waals surface area contributed by atoms with Crippen molar-refractivity contribution in [3.05, 3.63) is 95.8 Å². The van der Waals surface area contributed by atoms with E-state index in [1.165, 1.54) is 28.9 Å². The van der Waals surface area contributed by atoms with Gasteiger partial charge in [-0.25, -0.2) is 4.39 Å². The second-order valence-electron chi connectivity index (χ2n) is 7.85. The van der Waals surface area contributed by atoms with Gasteiger partial charge in [0.15, 0.2) is 0 Å². The lowest BCUT2D eigenvalue weighted by Gasteiger charge is -2.41. The molecule has 0 radical (unpaired) electrons. The van der Waals surface area contributed by atoms with Gasteiger partial charge in [-0.3, -0.25) is 4.48 Å². The number of quaternary nitrogens is 1. The third-order valence-electron chi connectivity index (χ3n) is 5.88. The molecular formula is C26H28FN2+. The highest BCUT2D eigenvalue weighted by molar-refractivity contribution is 5.68. The number of benzene rings is 3. The zero-order valence-electron chi connectivity index (χ0n) is 16.9. The van der Waals surface area contributed by atoms with E-state index in [0.29, 0.717) is 0 Å². The summed E-state index contributed by atoms with van der Waals surface area (Å²) in [5.41, 5.74) is 6.11. The van der Waals surface area contributed by atoms with E-state index in [1.54, 1.807) is 0 Å². The van der Waals surface area contributed by atoms with E-state index in [1.807, 2.05) is 18.2 Å². The van der Waals surface area contributed by atoms with E-state index >= 15 is 0 Å². The van der Waals surface area contributed by atoms with Gasteiger partial charge in [-0.1, -0.05) is 48.5 Å². The van der Waals surface area contributed by atoms with Crippen molar-refractivity contribution in [3.63, 3.8) is 0 Å². The van der Waals surface area contributed by atoms with E-state index < -0.39 is 0 Å². The highest BCUT2D eigenvalue weighted by atomic mass is 19.1. The largest absolute Gasteiger partial charge is 0.306 e. The van der Waals surface area contributed by atoms with Crippen LogP contribution in [-0.2, 0) is 0 Å². The third-order valence-corrected chi connectivity index (χ3v) is 5.88. The van der Waals surface area contributed by atoms with Crippen LogP contribution in [0.25, 0.3) is 17.2 Å². The Morgan fingerprint density at radius 3 is 2.28 bits per heavy atom. The zero-order chi connectivity index (χ0) is 20.1. The van der Waals surface area contributed by atoms with E-state index in [9.17, 15) is 4.39 Å². The maximum Gasteiger partial charge on any atom is 0.136 e. The van der Waals surface area contributed by atoms with Crippen LogP contribution in [0.5, 0.6) is 0 Å². The Bertz CT molecular complexity index is 971. The topological polar surface area (TPSA) is 12.0 Å². The minimum atomic E-state index is -0.197. The van der Waals surface area contributed by atoms with E-state index in [2.05, 4.69) is 66.9 Å².